The largest absolute Gasteiger partial charge is 0.458 e. The van der Waals surface area contributed by atoms with E-state index >= 15 is 14.4 Å². The number of aromatic nitrogens is 1. The first kappa shape index (κ1) is 73.6. The molecule has 4 fully saturated rings. The molecule has 5 heterocycles. The van der Waals surface area contributed by atoms with Crippen molar-refractivity contribution in [3.05, 3.63) is 44.6 Å². The summed E-state index contributed by atoms with van der Waals surface area (Å²) in [6, 6.07) is -7.85. The summed E-state index contributed by atoms with van der Waals surface area (Å²) in [5.41, 5.74) is 3.80. The van der Waals surface area contributed by atoms with E-state index < -0.39 is 179 Å². The maximum Gasteiger partial charge on any atom is 0.329 e. The summed E-state index contributed by atoms with van der Waals surface area (Å²) in [6.07, 6.45) is -0.750. The van der Waals surface area contributed by atoms with Crippen LogP contribution >= 0.6 is 0 Å². The molecule has 10 amide bonds. The van der Waals surface area contributed by atoms with Gasteiger partial charge in [0, 0.05) is 53.4 Å². The predicted molar refractivity (Wildman–Crippen MR) is 348 cm³/mol. The van der Waals surface area contributed by atoms with E-state index in [0.717, 1.165) is 9.80 Å². The Morgan fingerprint density at radius 1 is 0.632 bits per heavy atom. The molecule has 7 N–H and O–H groups in total. The summed E-state index contributed by atoms with van der Waals surface area (Å²) in [6.45, 7) is 19.0. The topological polar surface area (TPSA) is 372 Å². The number of ether oxygens (including phenoxy) is 2. The van der Waals surface area contributed by atoms with Crippen LogP contribution in [0.15, 0.2) is 21.3 Å². The van der Waals surface area contributed by atoms with Gasteiger partial charge < -0.3 is 75.6 Å². The van der Waals surface area contributed by atoms with Gasteiger partial charge >= 0.3 is 11.9 Å². The number of carbonyl (C=O) groups is 12. The van der Waals surface area contributed by atoms with Crippen molar-refractivity contribution in [2.24, 2.45) is 29.4 Å². The number of carbonyl (C=O) groups excluding carboxylic acids is 12. The molecule has 0 bridgehead atoms. The summed E-state index contributed by atoms with van der Waals surface area (Å²) in [5, 5.41) is 14.0. The Kier molecular flexibility index (Phi) is 23.8. The van der Waals surface area contributed by atoms with Crippen LogP contribution in [0.3, 0.4) is 0 Å². The maximum absolute atomic E-state index is 15.7. The van der Waals surface area contributed by atoms with E-state index in [2.05, 4.69) is 26.6 Å². The Labute approximate surface area is 553 Å². The monoisotopic (exact) mass is 1330 g/mol. The number of cyclic esters (lactones) is 2. The van der Waals surface area contributed by atoms with E-state index in [-0.39, 0.29) is 78.4 Å². The molecule has 4 saturated heterocycles. The molecule has 7 rings (SSSR count). The lowest BCUT2D eigenvalue weighted by atomic mass is 9.97. The average Bonchev–Trinajstić information content (AvgIpc) is 1.33. The number of nitrogens with two attached hydrogens (primary N) is 1. The lowest BCUT2D eigenvalue weighted by molar-refractivity contribution is -0.163. The standard InChI is InChI=1S/C66H95N13O16/c1-31(2)45-63(89)78-27-19-21-40(78)61(87)74(13)29-42(80)76(15)52(33(5)6)65(91)93-37(11)47(59(85)70-45)72-57(83)39-24-23-35(9)55-49(39)69-51-44(50(68-26-18-17-25-67)54(82)36(10)56(51)95-55)58(84)73-48-38(12)94-66(92)53(34(7)8)77(16)43(81)30-75(14)62(88)41-22-20-28-79(41)64(90)46(32(3)4)71-60(48)86/h23-24,31-34,37-38,40-41,45-48,52-53,68H,17-22,25-30,67H2,1-16H3,(H,70,85)(H,71,86)(H,72,83)(H,73,84)/t37-,38+,40-,41+,45-,46+,47+,48-,52+,53-/m1/s1. The highest BCUT2D eigenvalue weighted by Crippen LogP contribution is 2.36. The van der Waals surface area contributed by atoms with Crippen molar-refractivity contribution in [3.8, 4) is 11.5 Å². The lowest BCUT2D eigenvalue weighted by Crippen LogP contribution is -2.61. The molecule has 520 valence electrons. The van der Waals surface area contributed by atoms with Crippen LogP contribution in [0, 0.1) is 37.5 Å². The molecule has 0 spiro atoms. The Morgan fingerprint density at radius 3 is 1.52 bits per heavy atom. The van der Waals surface area contributed by atoms with Crippen LogP contribution in [-0.4, -0.2) is 233 Å². The van der Waals surface area contributed by atoms with Crippen LogP contribution in [0.2, 0.25) is 0 Å². The van der Waals surface area contributed by atoms with Crippen molar-refractivity contribution >= 4 is 87.8 Å². The highest BCUT2D eigenvalue weighted by atomic mass is 16.6. The number of amides is 10. The third-order valence-electron chi connectivity index (χ3n) is 18.4. The van der Waals surface area contributed by atoms with Gasteiger partial charge in [-0.3, -0.25) is 52.7 Å². The molecule has 0 saturated carbocycles. The molecule has 0 unspecified atom stereocenters. The second kappa shape index (κ2) is 30.8. The number of hydrogen-bond donors (Lipinski definition) is 6. The average molecular weight is 1330 g/mol. The first-order valence-electron chi connectivity index (χ1n) is 32.8. The minimum atomic E-state index is -1.87. The normalized spacial score (nSPS) is 25.4. The van der Waals surface area contributed by atoms with Crippen LogP contribution < -0.4 is 37.7 Å². The zero-order chi connectivity index (χ0) is 70.5. The number of nitrogens with zero attached hydrogens (tertiary/aromatic N) is 7. The molecule has 29 heteroatoms. The Balaban J connectivity index is 1.37. The van der Waals surface area contributed by atoms with Gasteiger partial charge in [0.1, 0.15) is 71.8 Å². The van der Waals surface area contributed by atoms with E-state index in [1.54, 1.807) is 62.3 Å². The number of aryl methyl sites for hydroxylation is 1. The molecule has 1 aliphatic carbocycles. The molecule has 1 aromatic rings. The molecule has 95 heavy (non-hydrogen) atoms. The van der Waals surface area contributed by atoms with Crippen LogP contribution in [0.5, 0.6) is 0 Å². The Hall–Kier alpha value is -8.76. The molecule has 29 nitrogen and oxygen atoms in total. The molecule has 0 radical (unpaired) electrons. The predicted octanol–water partition coefficient (Wildman–Crippen LogP) is 1.29. The third-order valence-corrected chi connectivity index (χ3v) is 18.4. The number of likely N-dealkylation sites (N-methyl/N-ethyl adjacent to an activating group) is 4. The molecular formula is C66H95N13O16. The molecule has 6 aliphatic rings. The molecule has 0 aromatic heterocycles. The van der Waals surface area contributed by atoms with Crippen molar-refractivity contribution in [1.82, 2.24) is 55.7 Å². The number of esters is 2. The van der Waals surface area contributed by atoms with Crippen LogP contribution in [0.1, 0.15) is 140 Å². The number of unbranched alkanes of at least 4 members (excludes halogenated alkanes) is 1. The first-order valence-corrected chi connectivity index (χ1v) is 32.8. The number of nitrogens with one attached hydrogen (secondary N) is 5. The number of rotatable bonds is 13. The van der Waals surface area contributed by atoms with E-state index in [9.17, 15) is 47.9 Å². The zero-order valence-electron chi connectivity index (χ0n) is 57.5. The van der Waals surface area contributed by atoms with Crippen LogP contribution in [0.25, 0.3) is 22.6 Å². The summed E-state index contributed by atoms with van der Waals surface area (Å²) in [7, 11) is 5.62. The summed E-state index contributed by atoms with van der Waals surface area (Å²) < 4.78 is 18.6. The molecule has 5 aliphatic heterocycles. The smallest absolute Gasteiger partial charge is 0.329 e. The second-order valence-electron chi connectivity index (χ2n) is 26.9. The van der Waals surface area contributed by atoms with Gasteiger partial charge in [-0.15, -0.1) is 0 Å². The highest BCUT2D eigenvalue weighted by molar-refractivity contribution is 6.11. The number of benzene rings is 2. The minimum absolute atomic E-state index is 0.0378. The fourth-order valence-corrected chi connectivity index (χ4v) is 12.9. The van der Waals surface area contributed by atoms with Gasteiger partial charge in [0.25, 0.3) is 11.8 Å². The van der Waals surface area contributed by atoms with Crippen molar-refractivity contribution in [3.63, 3.8) is 0 Å². The Bertz CT molecular complexity index is 3510. The minimum Gasteiger partial charge on any atom is -0.458 e. The van der Waals surface area contributed by atoms with Gasteiger partial charge in [0.15, 0.2) is 11.3 Å². The number of fused-ring (bicyclic) bond motifs is 4. The quantitative estimate of drug-likeness (QED) is 0.0798. The van der Waals surface area contributed by atoms with Gasteiger partial charge in [-0.2, -0.15) is 0 Å². The van der Waals surface area contributed by atoms with Crippen molar-refractivity contribution in [1.29, 1.82) is 0 Å². The fourth-order valence-electron chi connectivity index (χ4n) is 12.9. The summed E-state index contributed by atoms with van der Waals surface area (Å²) >= 11 is 0. The van der Waals surface area contributed by atoms with E-state index in [4.69, 9.17) is 24.6 Å². The summed E-state index contributed by atoms with van der Waals surface area (Å²) in [5.74, 6) is -12.2. The summed E-state index contributed by atoms with van der Waals surface area (Å²) in [4.78, 5) is 202. The molecule has 10 atom stereocenters. The first-order chi connectivity index (χ1) is 44.6. The van der Waals surface area contributed by atoms with Gasteiger partial charge in [0.2, 0.25) is 52.7 Å². The fraction of sp³-hybridized carbons (Fsp3) is 0.636. The number of hydrogen-bond acceptors (Lipinski definition) is 19. The molecular weight excluding hydrogens is 1230 g/mol. The van der Waals surface area contributed by atoms with Crippen molar-refractivity contribution < 1.29 is 71.4 Å². The third kappa shape index (κ3) is 15.7. The van der Waals surface area contributed by atoms with Gasteiger partial charge in [0.05, 0.1) is 29.9 Å². The van der Waals surface area contributed by atoms with Crippen molar-refractivity contribution in [2.45, 2.75) is 182 Å². The van der Waals surface area contributed by atoms with E-state index in [1.165, 1.54) is 80.7 Å². The Morgan fingerprint density at radius 2 is 1.08 bits per heavy atom. The van der Waals surface area contributed by atoms with E-state index in [0.29, 0.717) is 31.2 Å². The number of anilines is 1. The van der Waals surface area contributed by atoms with Crippen molar-refractivity contribution in [2.75, 3.05) is 72.8 Å². The van der Waals surface area contributed by atoms with Gasteiger partial charge in [-0.05, 0) is 108 Å². The van der Waals surface area contributed by atoms with Gasteiger partial charge in [-0.25, -0.2) is 14.6 Å². The van der Waals surface area contributed by atoms with Gasteiger partial charge in [-0.1, -0.05) is 61.5 Å². The van der Waals surface area contributed by atoms with E-state index in [1.807, 2.05) is 0 Å². The van der Waals surface area contributed by atoms with Crippen LogP contribution in [-0.2, 0) is 57.4 Å². The zero-order valence-corrected chi connectivity index (χ0v) is 57.5. The highest BCUT2D eigenvalue weighted by Gasteiger charge is 2.47. The lowest BCUT2D eigenvalue weighted by Gasteiger charge is -2.36. The maximum atomic E-state index is 15.7. The van der Waals surface area contributed by atoms with Crippen LogP contribution in [0.4, 0.5) is 5.69 Å². The second-order valence-corrected chi connectivity index (χ2v) is 26.9. The SMILES string of the molecule is Cc1c2oc3c(C)ccc(C(=O)N[C@@H]4C(=O)N[C@H](C(C)C)C(=O)N5CCC[C@@H]5C(=O)N(C)CC(=O)N(C)[C@@H](C(C)C)C(=O)O[C@@H]4C)c3nc-2c(C(=O)N[C@H]2C(=O)N[C@@H](C(C)C)C(=O)N3CCC[C@H]3C(=O)N(C)CC(=O)N(C)[C@H](C(C)C)C(=O)O[C@H]2C)c(NCCCCN)c1=O. The molecule has 1 aromatic carbocycles.